The van der Waals surface area contributed by atoms with E-state index in [4.69, 9.17) is 0 Å². The SMILES string of the molecule is Cc1ccc(CCCNC(=O)CSc2ccc([N+](=O)[O-])cc2)c(C)c1. The highest BCUT2D eigenvalue weighted by molar-refractivity contribution is 8.00. The third-order valence-corrected chi connectivity index (χ3v) is 4.87. The van der Waals surface area contributed by atoms with Gasteiger partial charge in [0.1, 0.15) is 0 Å². The molecule has 2 aromatic carbocycles. The van der Waals surface area contributed by atoms with Crippen molar-refractivity contribution >= 4 is 23.4 Å². The van der Waals surface area contributed by atoms with E-state index in [1.54, 1.807) is 12.1 Å². The highest BCUT2D eigenvalue weighted by Gasteiger charge is 2.06. The first-order chi connectivity index (χ1) is 12.0. The summed E-state index contributed by atoms with van der Waals surface area (Å²) in [6.45, 7) is 4.84. The first-order valence-corrected chi connectivity index (χ1v) is 9.14. The molecule has 0 heterocycles. The average Bonchev–Trinajstić information content (AvgIpc) is 2.58. The van der Waals surface area contributed by atoms with Crippen LogP contribution in [0.1, 0.15) is 23.1 Å². The van der Waals surface area contributed by atoms with Crippen molar-refractivity contribution in [1.29, 1.82) is 0 Å². The first-order valence-electron chi connectivity index (χ1n) is 8.16. The largest absolute Gasteiger partial charge is 0.355 e. The Morgan fingerprint density at radius 2 is 1.88 bits per heavy atom. The van der Waals surface area contributed by atoms with Gasteiger partial charge in [-0.05, 0) is 49.9 Å². The minimum Gasteiger partial charge on any atom is -0.355 e. The molecule has 0 spiro atoms. The van der Waals surface area contributed by atoms with E-state index < -0.39 is 4.92 Å². The molecule has 0 aromatic heterocycles. The maximum atomic E-state index is 11.9. The Kier molecular flexibility index (Phi) is 7.01. The lowest BCUT2D eigenvalue weighted by Gasteiger charge is -2.08. The lowest BCUT2D eigenvalue weighted by Crippen LogP contribution is -2.26. The van der Waals surface area contributed by atoms with Gasteiger partial charge in [-0.15, -0.1) is 11.8 Å². The van der Waals surface area contributed by atoms with E-state index in [-0.39, 0.29) is 11.6 Å². The summed E-state index contributed by atoms with van der Waals surface area (Å²) < 4.78 is 0. The molecular formula is C19H22N2O3S. The molecule has 0 fully saturated rings. The summed E-state index contributed by atoms with van der Waals surface area (Å²) in [4.78, 5) is 22.9. The topological polar surface area (TPSA) is 72.2 Å². The number of amides is 1. The van der Waals surface area contributed by atoms with Crippen LogP contribution in [0.15, 0.2) is 47.4 Å². The van der Waals surface area contributed by atoms with Crippen LogP contribution in [0, 0.1) is 24.0 Å². The predicted molar refractivity (Wildman–Crippen MR) is 101 cm³/mol. The number of aryl methyl sites for hydroxylation is 3. The van der Waals surface area contributed by atoms with Crippen molar-refractivity contribution < 1.29 is 9.72 Å². The van der Waals surface area contributed by atoms with Crippen LogP contribution < -0.4 is 5.32 Å². The lowest BCUT2D eigenvalue weighted by molar-refractivity contribution is -0.384. The van der Waals surface area contributed by atoms with Gasteiger partial charge < -0.3 is 5.32 Å². The number of hydrogen-bond donors (Lipinski definition) is 1. The number of carbonyl (C=O) groups is 1. The second-order valence-electron chi connectivity index (χ2n) is 5.92. The van der Waals surface area contributed by atoms with E-state index >= 15 is 0 Å². The molecule has 0 saturated carbocycles. The Hall–Kier alpha value is -2.34. The fourth-order valence-corrected chi connectivity index (χ4v) is 3.23. The predicted octanol–water partition coefficient (Wildman–Crippen LogP) is 4.05. The van der Waals surface area contributed by atoms with Crippen LogP contribution in [0.4, 0.5) is 5.69 Å². The summed E-state index contributed by atoms with van der Waals surface area (Å²) in [6, 6.07) is 12.7. The van der Waals surface area contributed by atoms with E-state index in [0.29, 0.717) is 12.3 Å². The van der Waals surface area contributed by atoms with Gasteiger partial charge in [0, 0.05) is 23.6 Å². The van der Waals surface area contributed by atoms with Gasteiger partial charge in [0.2, 0.25) is 5.91 Å². The van der Waals surface area contributed by atoms with E-state index in [1.165, 1.54) is 40.6 Å². The third kappa shape index (κ3) is 6.23. The number of nitrogens with zero attached hydrogens (tertiary/aromatic N) is 1. The van der Waals surface area contributed by atoms with Crippen LogP contribution in [-0.4, -0.2) is 23.1 Å². The number of thioether (sulfide) groups is 1. The fraction of sp³-hybridized carbons (Fsp3) is 0.316. The summed E-state index contributed by atoms with van der Waals surface area (Å²) in [5.74, 6) is 0.283. The van der Waals surface area contributed by atoms with Gasteiger partial charge in [-0.3, -0.25) is 14.9 Å². The summed E-state index contributed by atoms with van der Waals surface area (Å²) in [5, 5.41) is 13.5. The number of nitro groups is 1. The van der Waals surface area contributed by atoms with Crippen LogP contribution in [0.3, 0.4) is 0 Å². The quantitative estimate of drug-likeness (QED) is 0.334. The number of benzene rings is 2. The zero-order valence-electron chi connectivity index (χ0n) is 14.5. The van der Waals surface area contributed by atoms with Crippen LogP contribution in [-0.2, 0) is 11.2 Å². The van der Waals surface area contributed by atoms with E-state index in [1.807, 2.05) is 0 Å². The van der Waals surface area contributed by atoms with Crippen LogP contribution in [0.2, 0.25) is 0 Å². The molecule has 0 aliphatic rings. The number of rotatable bonds is 8. The molecule has 2 rings (SSSR count). The molecule has 0 saturated heterocycles. The Morgan fingerprint density at radius 1 is 1.16 bits per heavy atom. The van der Waals surface area contributed by atoms with Gasteiger partial charge in [-0.1, -0.05) is 23.8 Å². The van der Waals surface area contributed by atoms with Crippen molar-refractivity contribution in [3.8, 4) is 0 Å². The maximum Gasteiger partial charge on any atom is 0.269 e. The Labute approximate surface area is 152 Å². The molecule has 2 aromatic rings. The molecular weight excluding hydrogens is 336 g/mol. The Morgan fingerprint density at radius 3 is 2.52 bits per heavy atom. The van der Waals surface area contributed by atoms with E-state index in [2.05, 4.69) is 37.4 Å². The molecule has 1 amide bonds. The van der Waals surface area contributed by atoms with Gasteiger partial charge >= 0.3 is 0 Å². The molecule has 132 valence electrons. The molecule has 5 nitrogen and oxygen atoms in total. The molecule has 6 heteroatoms. The zero-order chi connectivity index (χ0) is 18.2. The zero-order valence-corrected chi connectivity index (χ0v) is 15.3. The Bertz CT molecular complexity index is 745. The van der Waals surface area contributed by atoms with Crippen molar-refractivity contribution in [2.24, 2.45) is 0 Å². The Balaban J connectivity index is 1.67. The van der Waals surface area contributed by atoms with Crippen molar-refractivity contribution in [2.75, 3.05) is 12.3 Å². The van der Waals surface area contributed by atoms with Crippen molar-refractivity contribution in [2.45, 2.75) is 31.6 Å². The summed E-state index contributed by atoms with van der Waals surface area (Å²) in [7, 11) is 0. The minimum atomic E-state index is -0.434. The summed E-state index contributed by atoms with van der Waals surface area (Å²) in [5.41, 5.74) is 3.93. The normalized spacial score (nSPS) is 10.5. The summed E-state index contributed by atoms with van der Waals surface area (Å²) >= 11 is 1.37. The minimum absolute atomic E-state index is 0.0241. The second kappa shape index (κ2) is 9.22. The molecule has 1 N–H and O–H groups in total. The van der Waals surface area contributed by atoms with Crippen molar-refractivity contribution in [3.63, 3.8) is 0 Å². The molecule has 0 aliphatic carbocycles. The van der Waals surface area contributed by atoms with Crippen molar-refractivity contribution in [1.82, 2.24) is 5.32 Å². The lowest BCUT2D eigenvalue weighted by atomic mass is 10.0. The third-order valence-electron chi connectivity index (χ3n) is 3.86. The monoisotopic (exact) mass is 358 g/mol. The van der Waals surface area contributed by atoms with Gasteiger partial charge in [0.05, 0.1) is 10.7 Å². The molecule has 0 aliphatic heterocycles. The number of nitro benzene ring substituents is 1. The van der Waals surface area contributed by atoms with Gasteiger partial charge in [0.15, 0.2) is 0 Å². The average molecular weight is 358 g/mol. The van der Waals surface area contributed by atoms with Crippen LogP contribution >= 0.6 is 11.8 Å². The second-order valence-corrected chi connectivity index (χ2v) is 6.97. The van der Waals surface area contributed by atoms with Gasteiger partial charge in [-0.25, -0.2) is 0 Å². The molecule has 0 radical (unpaired) electrons. The summed E-state index contributed by atoms with van der Waals surface area (Å²) in [6.07, 6.45) is 1.85. The molecule has 0 atom stereocenters. The molecule has 0 bridgehead atoms. The first kappa shape index (κ1) is 19.0. The highest BCUT2D eigenvalue weighted by atomic mass is 32.2. The van der Waals surface area contributed by atoms with Crippen LogP contribution in [0.5, 0.6) is 0 Å². The van der Waals surface area contributed by atoms with Gasteiger partial charge in [-0.2, -0.15) is 0 Å². The van der Waals surface area contributed by atoms with E-state index in [0.717, 1.165) is 17.7 Å². The fourth-order valence-electron chi connectivity index (χ4n) is 2.50. The maximum absolute atomic E-state index is 11.9. The molecule has 25 heavy (non-hydrogen) atoms. The number of carbonyl (C=O) groups excluding carboxylic acids is 1. The van der Waals surface area contributed by atoms with Gasteiger partial charge in [0.25, 0.3) is 5.69 Å². The number of non-ortho nitro benzene ring substituents is 1. The molecule has 0 unspecified atom stereocenters. The highest BCUT2D eigenvalue weighted by Crippen LogP contribution is 2.21. The number of nitrogens with one attached hydrogen (secondary N) is 1. The van der Waals surface area contributed by atoms with E-state index in [9.17, 15) is 14.9 Å². The smallest absolute Gasteiger partial charge is 0.269 e. The number of hydrogen-bond acceptors (Lipinski definition) is 4. The standard InChI is InChI=1S/C19H22N2O3S/c1-14-5-6-16(15(2)12-14)4-3-11-20-19(22)13-25-18-9-7-17(8-10-18)21(23)24/h5-10,12H,3-4,11,13H2,1-2H3,(H,20,22). The van der Waals surface area contributed by atoms with Crippen LogP contribution in [0.25, 0.3) is 0 Å². The van der Waals surface area contributed by atoms with Crippen molar-refractivity contribution in [3.05, 3.63) is 69.3 Å².